The highest BCUT2D eigenvalue weighted by molar-refractivity contribution is 9.10. The smallest absolute Gasteiger partial charge is 0.107 e. The molecule has 0 atom stereocenters. The second-order valence-electron chi connectivity index (χ2n) is 2.42. The van der Waals surface area contributed by atoms with E-state index in [0.717, 1.165) is 15.9 Å². The van der Waals surface area contributed by atoms with Gasteiger partial charge in [0.05, 0.1) is 11.4 Å². The molecule has 1 rings (SSSR count). The van der Waals surface area contributed by atoms with Crippen LogP contribution in [0.15, 0.2) is 15.7 Å². The van der Waals surface area contributed by atoms with E-state index in [2.05, 4.69) is 25.9 Å². The molecule has 0 bridgehead atoms. The van der Waals surface area contributed by atoms with Gasteiger partial charge < -0.3 is 5.73 Å². The summed E-state index contributed by atoms with van der Waals surface area (Å²) < 4.78 is 0.782. The van der Waals surface area contributed by atoms with Gasteiger partial charge in [-0.05, 0) is 28.9 Å². The Labute approximate surface area is 93.6 Å². The molecule has 0 spiro atoms. The normalized spacial score (nSPS) is 9.79. The quantitative estimate of drug-likeness (QED) is 0.622. The van der Waals surface area contributed by atoms with Gasteiger partial charge in [-0.2, -0.15) is 0 Å². The van der Waals surface area contributed by atoms with Crippen molar-refractivity contribution in [1.82, 2.24) is 4.98 Å². The van der Waals surface area contributed by atoms with E-state index in [-0.39, 0.29) is 0 Å². The molecule has 0 fully saturated rings. The van der Waals surface area contributed by atoms with Crippen molar-refractivity contribution in [1.29, 1.82) is 0 Å². The van der Waals surface area contributed by atoms with E-state index in [4.69, 9.17) is 5.73 Å². The predicted octanol–water partition coefficient (Wildman–Crippen LogP) is 2.81. The third-order valence-electron chi connectivity index (χ3n) is 1.52. The molecule has 78 valence electrons. The van der Waals surface area contributed by atoms with Crippen molar-refractivity contribution >= 4 is 27.8 Å². The Morgan fingerprint density at radius 2 is 2.07 bits per heavy atom. The summed E-state index contributed by atoms with van der Waals surface area (Å²) in [4.78, 5) is 8.04. The van der Waals surface area contributed by atoms with Crippen molar-refractivity contribution in [2.75, 3.05) is 12.8 Å². The summed E-state index contributed by atoms with van der Waals surface area (Å²) >= 11 is 3.29. The lowest BCUT2D eigenvalue weighted by Crippen LogP contribution is -1.99. The fourth-order valence-electron chi connectivity index (χ4n) is 0.914. The maximum atomic E-state index is 5.76. The second-order valence-corrected chi connectivity index (χ2v) is 3.23. The molecule has 0 saturated carbocycles. The number of halogens is 1. The Morgan fingerprint density at radius 3 is 2.57 bits per heavy atom. The molecule has 0 amide bonds. The van der Waals surface area contributed by atoms with E-state index >= 15 is 0 Å². The van der Waals surface area contributed by atoms with E-state index in [1.807, 2.05) is 26.8 Å². The Kier molecular flexibility index (Phi) is 6.12. The Hall–Kier alpha value is -0.900. The topological polar surface area (TPSA) is 51.3 Å². The minimum Gasteiger partial charge on any atom is -0.397 e. The zero-order chi connectivity index (χ0) is 11.1. The average molecular weight is 258 g/mol. The molecule has 4 heteroatoms. The number of nitrogen functional groups attached to an aromatic ring is 1. The number of nitrogens with two attached hydrogens (primary N) is 1. The summed E-state index contributed by atoms with van der Waals surface area (Å²) in [6, 6.07) is 1.84. The summed E-state index contributed by atoms with van der Waals surface area (Å²) in [6.07, 6.45) is 1.72. The lowest BCUT2D eigenvalue weighted by molar-refractivity contribution is 1.17. The van der Waals surface area contributed by atoms with Crippen LogP contribution in [-0.4, -0.2) is 18.2 Å². The maximum Gasteiger partial charge on any atom is 0.107 e. The Morgan fingerprint density at radius 1 is 1.50 bits per heavy atom. The number of anilines is 1. The van der Waals surface area contributed by atoms with E-state index in [0.29, 0.717) is 5.69 Å². The first-order chi connectivity index (χ1) is 6.65. The van der Waals surface area contributed by atoms with Gasteiger partial charge in [0.2, 0.25) is 0 Å². The molecule has 0 saturated heterocycles. The lowest BCUT2D eigenvalue weighted by Gasteiger charge is -2.03. The van der Waals surface area contributed by atoms with Gasteiger partial charge >= 0.3 is 0 Å². The van der Waals surface area contributed by atoms with Crippen LogP contribution in [0.1, 0.15) is 25.1 Å². The zero-order valence-electron chi connectivity index (χ0n) is 9.00. The van der Waals surface area contributed by atoms with Crippen LogP contribution in [0, 0.1) is 6.92 Å². The third-order valence-corrected chi connectivity index (χ3v) is 1.92. The van der Waals surface area contributed by atoms with Gasteiger partial charge in [0.25, 0.3) is 0 Å². The summed E-state index contributed by atoms with van der Waals surface area (Å²) in [6.45, 7) is 5.87. The van der Waals surface area contributed by atoms with Crippen molar-refractivity contribution in [2.24, 2.45) is 4.99 Å². The minimum absolute atomic E-state index is 0.684. The molecule has 0 unspecified atom stereocenters. The number of nitrogens with zero attached hydrogens (tertiary/aromatic N) is 2. The highest BCUT2D eigenvalue weighted by atomic mass is 79.9. The summed E-state index contributed by atoms with van der Waals surface area (Å²) in [5, 5.41) is 0. The second kappa shape index (κ2) is 6.54. The monoisotopic (exact) mass is 257 g/mol. The van der Waals surface area contributed by atoms with Crippen LogP contribution in [0.3, 0.4) is 0 Å². The number of hydrogen-bond acceptors (Lipinski definition) is 3. The molecular weight excluding hydrogens is 242 g/mol. The highest BCUT2D eigenvalue weighted by Crippen LogP contribution is 2.17. The van der Waals surface area contributed by atoms with Crippen molar-refractivity contribution in [3.63, 3.8) is 0 Å². The standard InChI is InChI=1S/C8H10BrN3.C2H6/c1-5-8(10)6(4-11-2)3-7(9)12-5;1-2/h3-4H,10H2,1-2H3;1-2H3. The van der Waals surface area contributed by atoms with Crippen LogP contribution < -0.4 is 5.73 Å². The van der Waals surface area contributed by atoms with Crippen molar-refractivity contribution in [2.45, 2.75) is 20.8 Å². The van der Waals surface area contributed by atoms with Gasteiger partial charge in [0, 0.05) is 18.8 Å². The summed E-state index contributed by atoms with van der Waals surface area (Å²) in [5.41, 5.74) is 8.17. The van der Waals surface area contributed by atoms with Crippen LogP contribution in [-0.2, 0) is 0 Å². The molecule has 0 radical (unpaired) electrons. The van der Waals surface area contributed by atoms with Gasteiger partial charge in [0.1, 0.15) is 4.60 Å². The van der Waals surface area contributed by atoms with E-state index in [9.17, 15) is 0 Å². The number of aryl methyl sites for hydroxylation is 1. The number of pyridine rings is 1. The highest BCUT2D eigenvalue weighted by Gasteiger charge is 2.02. The fourth-order valence-corrected chi connectivity index (χ4v) is 1.43. The van der Waals surface area contributed by atoms with E-state index in [1.54, 1.807) is 13.3 Å². The van der Waals surface area contributed by atoms with Crippen LogP contribution in [0.4, 0.5) is 5.69 Å². The SMILES string of the molecule is CC.CN=Cc1cc(Br)nc(C)c1N. The molecule has 2 N–H and O–H groups in total. The molecule has 0 aliphatic heterocycles. The summed E-state index contributed by atoms with van der Waals surface area (Å²) in [5.74, 6) is 0. The Bertz CT molecular complexity index is 321. The number of rotatable bonds is 1. The van der Waals surface area contributed by atoms with E-state index < -0.39 is 0 Å². The van der Waals surface area contributed by atoms with Crippen molar-refractivity contribution < 1.29 is 0 Å². The molecule has 1 aromatic heterocycles. The zero-order valence-corrected chi connectivity index (χ0v) is 10.6. The van der Waals surface area contributed by atoms with Gasteiger partial charge in [0.15, 0.2) is 0 Å². The van der Waals surface area contributed by atoms with Crippen LogP contribution in [0.25, 0.3) is 0 Å². The first-order valence-electron chi connectivity index (χ1n) is 4.50. The van der Waals surface area contributed by atoms with Crippen LogP contribution >= 0.6 is 15.9 Å². The van der Waals surface area contributed by atoms with Gasteiger partial charge in [-0.1, -0.05) is 13.8 Å². The van der Waals surface area contributed by atoms with Crippen molar-refractivity contribution in [3.05, 3.63) is 21.9 Å². The van der Waals surface area contributed by atoms with Crippen molar-refractivity contribution in [3.8, 4) is 0 Å². The lowest BCUT2D eigenvalue weighted by atomic mass is 10.2. The number of aliphatic imine (C=N–C) groups is 1. The maximum absolute atomic E-state index is 5.76. The molecule has 0 aliphatic rings. The Balaban J connectivity index is 0.000000791. The number of hydrogen-bond donors (Lipinski definition) is 1. The third kappa shape index (κ3) is 3.46. The molecule has 1 aromatic rings. The van der Waals surface area contributed by atoms with Crippen LogP contribution in [0.2, 0.25) is 0 Å². The molecule has 3 nitrogen and oxygen atoms in total. The largest absolute Gasteiger partial charge is 0.397 e. The predicted molar refractivity (Wildman–Crippen MR) is 66.0 cm³/mol. The van der Waals surface area contributed by atoms with Gasteiger partial charge in [-0.25, -0.2) is 4.98 Å². The summed E-state index contributed by atoms with van der Waals surface area (Å²) in [7, 11) is 1.71. The first-order valence-corrected chi connectivity index (χ1v) is 5.29. The average Bonchev–Trinajstić information content (AvgIpc) is 2.17. The van der Waals surface area contributed by atoms with E-state index in [1.165, 1.54) is 0 Å². The molecular formula is C10H16BrN3. The fraction of sp³-hybridized carbons (Fsp3) is 0.400. The first kappa shape index (κ1) is 13.1. The molecule has 14 heavy (non-hydrogen) atoms. The van der Waals surface area contributed by atoms with Gasteiger partial charge in [-0.3, -0.25) is 4.99 Å². The molecule has 0 aliphatic carbocycles. The molecule has 0 aromatic carbocycles. The van der Waals surface area contributed by atoms with Crippen LogP contribution in [0.5, 0.6) is 0 Å². The molecule has 1 heterocycles. The minimum atomic E-state index is 0.684. The van der Waals surface area contributed by atoms with Gasteiger partial charge in [-0.15, -0.1) is 0 Å². The number of aromatic nitrogens is 1.